The second-order valence-corrected chi connectivity index (χ2v) is 4.34. The third kappa shape index (κ3) is 3.10. The van der Waals surface area contributed by atoms with Crippen LogP contribution in [-0.2, 0) is 18.8 Å². The Morgan fingerprint density at radius 2 is 1.67 bits per heavy atom. The summed E-state index contributed by atoms with van der Waals surface area (Å²) in [5.74, 6) is 0. The first-order chi connectivity index (χ1) is 9.64. The van der Waals surface area contributed by atoms with Gasteiger partial charge in [0.15, 0.2) is 0 Å². The van der Waals surface area contributed by atoms with Gasteiger partial charge < -0.3 is 5.11 Å². The Balaban J connectivity index is 2.83. The second kappa shape index (κ2) is 5.18. The number of pyridine rings is 1. The van der Waals surface area contributed by atoms with Gasteiger partial charge >= 0.3 is 12.4 Å². The van der Waals surface area contributed by atoms with E-state index in [1.807, 2.05) is 0 Å². The quantitative estimate of drug-likeness (QED) is 0.856. The highest BCUT2D eigenvalue weighted by atomic mass is 19.4. The van der Waals surface area contributed by atoms with E-state index in [1.165, 1.54) is 6.07 Å². The van der Waals surface area contributed by atoms with Crippen molar-refractivity contribution in [3.05, 3.63) is 41.1 Å². The van der Waals surface area contributed by atoms with E-state index in [-0.39, 0.29) is 17.4 Å². The van der Waals surface area contributed by atoms with Crippen LogP contribution in [0.2, 0.25) is 0 Å². The lowest BCUT2D eigenvalue weighted by atomic mass is 10.0. The number of aliphatic hydroxyl groups excluding tert-OH is 1. The van der Waals surface area contributed by atoms with E-state index in [4.69, 9.17) is 5.11 Å². The van der Waals surface area contributed by atoms with E-state index in [2.05, 4.69) is 4.98 Å². The Kier molecular flexibility index (Phi) is 3.83. The molecule has 2 nitrogen and oxygen atoms in total. The van der Waals surface area contributed by atoms with Gasteiger partial charge in [0.25, 0.3) is 0 Å². The Morgan fingerprint density at radius 3 is 2.19 bits per heavy atom. The van der Waals surface area contributed by atoms with Crippen molar-refractivity contribution in [1.82, 2.24) is 4.98 Å². The summed E-state index contributed by atoms with van der Waals surface area (Å²) in [5.41, 5.74) is -3.43. The van der Waals surface area contributed by atoms with Crippen molar-refractivity contribution < 1.29 is 31.4 Å². The van der Waals surface area contributed by atoms with Crippen molar-refractivity contribution in [3.63, 3.8) is 0 Å². The van der Waals surface area contributed by atoms with Crippen LogP contribution in [0.15, 0.2) is 24.3 Å². The van der Waals surface area contributed by atoms with Crippen molar-refractivity contribution in [2.75, 3.05) is 6.61 Å². The Morgan fingerprint density at radius 1 is 1.00 bits per heavy atom. The zero-order valence-electron chi connectivity index (χ0n) is 10.4. The second-order valence-electron chi connectivity index (χ2n) is 4.34. The van der Waals surface area contributed by atoms with E-state index in [0.29, 0.717) is 12.1 Å². The predicted molar refractivity (Wildman–Crippen MR) is 62.5 cm³/mol. The molecule has 2 aromatic rings. The van der Waals surface area contributed by atoms with Crippen molar-refractivity contribution in [3.8, 4) is 0 Å². The standard InChI is InChI=1S/C13H9F6NO/c14-12(15,16)9-3-1-2-8-7(4-5-21)6-10(13(17,18)19)20-11(8)9/h1-3,6,21H,4-5H2. The van der Waals surface area contributed by atoms with E-state index in [9.17, 15) is 26.3 Å². The molecule has 0 aliphatic rings. The monoisotopic (exact) mass is 309 g/mol. The van der Waals surface area contributed by atoms with Gasteiger partial charge in [-0.1, -0.05) is 12.1 Å². The summed E-state index contributed by atoms with van der Waals surface area (Å²) in [6, 6.07) is 3.70. The van der Waals surface area contributed by atoms with Gasteiger partial charge in [0.2, 0.25) is 0 Å². The van der Waals surface area contributed by atoms with Crippen LogP contribution >= 0.6 is 0 Å². The highest BCUT2D eigenvalue weighted by Crippen LogP contribution is 2.37. The van der Waals surface area contributed by atoms with E-state index >= 15 is 0 Å². The first-order valence-electron chi connectivity index (χ1n) is 5.82. The number of aromatic nitrogens is 1. The summed E-state index contributed by atoms with van der Waals surface area (Å²) >= 11 is 0. The molecule has 0 aliphatic heterocycles. The zero-order valence-corrected chi connectivity index (χ0v) is 10.4. The van der Waals surface area contributed by atoms with Gasteiger partial charge in [0.1, 0.15) is 5.69 Å². The van der Waals surface area contributed by atoms with Crippen LogP contribution in [0.25, 0.3) is 10.9 Å². The van der Waals surface area contributed by atoms with Gasteiger partial charge in [0, 0.05) is 12.0 Å². The van der Waals surface area contributed by atoms with Crippen LogP contribution in [0.1, 0.15) is 16.8 Å². The van der Waals surface area contributed by atoms with Crippen LogP contribution in [0, 0.1) is 0 Å². The molecule has 0 fully saturated rings. The molecule has 0 amide bonds. The van der Waals surface area contributed by atoms with Crippen LogP contribution in [0.4, 0.5) is 26.3 Å². The first kappa shape index (κ1) is 15.6. The summed E-state index contributed by atoms with van der Waals surface area (Å²) in [6.07, 6.45) is -9.87. The Bertz CT molecular complexity index is 662. The number of halogens is 6. The average Bonchev–Trinajstić information content (AvgIpc) is 2.36. The lowest BCUT2D eigenvalue weighted by Crippen LogP contribution is -2.13. The molecule has 0 radical (unpaired) electrons. The van der Waals surface area contributed by atoms with Crippen LogP contribution in [0.3, 0.4) is 0 Å². The van der Waals surface area contributed by atoms with Gasteiger partial charge in [-0.25, -0.2) is 4.98 Å². The third-order valence-corrected chi connectivity index (χ3v) is 2.90. The minimum absolute atomic E-state index is 0.0269. The van der Waals surface area contributed by atoms with Gasteiger partial charge in [-0.2, -0.15) is 26.3 Å². The maximum atomic E-state index is 12.9. The van der Waals surface area contributed by atoms with Gasteiger partial charge in [-0.05, 0) is 24.1 Å². The number of hydrogen-bond donors (Lipinski definition) is 1. The predicted octanol–water partition coefficient (Wildman–Crippen LogP) is 3.81. The molecule has 0 aliphatic carbocycles. The fourth-order valence-electron chi connectivity index (χ4n) is 2.02. The maximum Gasteiger partial charge on any atom is 0.433 e. The summed E-state index contributed by atoms with van der Waals surface area (Å²) in [7, 11) is 0. The number of nitrogens with zero attached hydrogens (tertiary/aromatic N) is 1. The van der Waals surface area contributed by atoms with Gasteiger partial charge in [-0.15, -0.1) is 0 Å². The summed E-state index contributed by atoms with van der Waals surface area (Å²) in [5, 5.41) is 8.83. The van der Waals surface area contributed by atoms with E-state index < -0.39 is 35.7 Å². The fraction of sp³-hybridized carbons (Fsp3) is 0.308. The fourth-order valence-corrected chi connectivity index (χ4v) is 2.02. The first-order valence-corrected chi connectivity index (χ1v) is 5.82. The molecular formula is C13H9F6NO. The molecule has 0 saturated carbocycles. The molecule has 0 saturated heterocycles. The molecular weight excluding hydrogens is 300 g/mol. The van der Waals surface area contributed by atoms with Gasteiger partial charge in [0.05, 0.1) is 11.1 Å². The summed E-state index contributed by atoms with van der Waals surface area (Å²) < 4.78 is 77.0. The number of rotatable bonds is 2. The molecule has 2 rings (SSSR count). The SMILES string of the molecule is OCCc1cc(C(F)(F)F)nc2c(C(F)(F)F)cccc12. The molecule has 0 atom stereocenters. The van der Waals surface area contributed by atoms with Crippen molar-refractivity contribution in [2.45, 2.75) is 18.8 Å². The molecule has 21 heavy (non-hydrogen) atoms. The Hall–Kier alpha value is -1.83. The highest BCUT2D eigenvalue weighted by molar-refractivity contribution is 5.86. The lowest BCUT2D eigenvalue weighted by Gasteiger charge is -2.15. The van der Waals surface area contributed by atoms with Gasteiger partial charge in [-0.3, -0.25) is 0 Å². The van der Waals surface area contributed by atoms with Crippen LogP contribution in [0.5, 0.6) is 0 Å². The van der Waals surface area contributed by atoms with Crippen molar-refractivity contribution in [1.29, 1.82) is 0 Å². The number of hydrogen-bond acceptors (Lipinski definition) is 2. The maximum absolute atomic E-state index is 12.9. The molecule has 0 bridgehead atoms. The molecule has 0 unspecified atom stereocenters. The summed E-state index contributed by atoms with van der Waals surface area (Å²) in [4.78, 5) is 3.13. The molecule has 1 N–H and O–H groups in total. The van der Waals surface area contributed by atoms with Crippen LogP contribution < -0.4 is 0 Å². The number of alkyl halides is 6. The number of aliphatic hydroxyl groups is 1. The summed E-state index contributed by atoms with van der Waals surface area (Å²) in [6.45, 7) is -0.480. The molecule has 114 valence electrons. The van der Waals surface area contributed by atoms with Crippen molar-refractivity contribution in [2.24, 2.45) is 0 Å². The topological polar surface area (TPSA) is 33.1 Å². The third-order valence-electron chi connectivity index (χ3n) is 2.90. The van der Waals surface area contributed by atoms with E-state index in [1.54, 1.807) is 0 Å². The molecule has 0 spiro atoms. The normalized spacial score (nSPS) is 12.9. The Labute approximate surface area is 115 Å². The minimum Gasteiger partial charge on any atom is -0.396 e. The van der Waals surface area contributed by atoms with Crippen LogP contribution in [-0.4, -0.2) is 16.7 Å². The van der Waals surface area contributed by atoms with E-state index in [0.717, 1.165) is 6.07 Å². The zero-order chi connectivity index (χ0) is 15.8. The molecule has 1 heterocycles. The average molecular weight is 309 g/mol. The van der Waals surface area contributed by atoms with Crippen molar-refractivity contribution >= 4 is 10.9 Å². The molecule has 8 heteroatoms. The number of benzene rings is 1. The highest BCUT2D eigenvalue weighted by Gasteiger charge is 2.37. The largest absolute Gasteiger partial charge is 0.433 e. The smallest absolute Gasteiger partial charge is 0.396 e. The number of para-hydroxylation sites is 1. The molecule has 1 aromatic carbocycles. The molecule has 1 aromatic heterocycles. The minimum atomic E-state index is -4.86. The lowest BCUT2D eigenvalue weighted by molar-refractivity contribution is -0.142. The number of fused-ring (bicyclic) bond motifs is 1.